The van der Waals surface area contributed by atoms with Crippen molar-refractivity contribution in [2.45, 2.75) is 26.8 Å². The van der Waals surface area contributed by atoms with Crippen molar-refractivity contribution in [3.8, 4) is 0 Å². The lowest BCUT2D eigenvalue weighted by Crippen LogP contribution is -2.30. The summed E-state index contributed by atoms with van der Waals surface area (Å²) in [7, 11) is 2.03. The Hall–Kier alpha value is -1.32. The highest BCUT2D eigenvalue weighted by atomic mass is 16.4. The van der Waals surface area contributed by atoms with Gasteiger partial charge in [0.25, 0.3) is 0 Å². The fourth-order valence-electron chi connectivity index (χ4n) is 0.892. The van der Waals surface area contributed by atoms with Gasteiger partial charge in [0, 0.05) is 5.97 Å². The molecule has 0 amide bonds. The molecule has 0 atom stereocenters. The quantitative estimate of drug-likeness (QED) is 0.581. The van der Waals surface area contributed by atoms with Gasteiger partial charge in [-0.1, -0.05) is 6.92 Å². The van der Waals surface area contributed by atoms with Crippen molar-refractivity contribution in [3.05, 3.63) is 18.7 Å². The fraction of sp³-hybridized carbons (Fsp3) is 0.556. The zero-order chi connectivity index (χ0) is 10.3. The van der Waals surface area contributed by atoms with E-state index in [9.17, 15) is 0 Å². The summed E-state index contributed by atoms with van der Waals surface area (Å²) < 4.78 is 4.23. The Morgan fingerprint density at radius 1 is 1.62 bits per heavy atom. The highest BCUT2D eigenvalue weighted by Crippen LogP contribution is 1.78. The first-order chi connectivity index (χ1) is 6.06. The molecule has 0 radical (unpaired) electrons. The van der Waals surface area contributed by atoms with E-state index in [0.717, 1.165) is 13.5 Å². The van der Waals surface area contributed by atoms with Crippen molar-refractivity contribution in [1.29, 1.82) is 0 Å². The summed E-state index contributed by atoms with van der Waals surface area (Å²) in [6, 6.07) is 0. The Labute approximate surface area is 78.4 Å². The number of aliphatic carboxylic acids is 1. The average molecular weight is 184 g/mol. The van der Waals surface area contributed by atoms with Crippen molar-refractivity contribution in [2.75, 3.05) is 0 Å². The molecule has 0 bridgehead atoms. The van der Waals surface area contributed by atoms with Crippen LogP contribution in [0.3, 0.4) is 0 Å². The SMILES string of the molecule is CC(=O)[O-].CCC[n+]1ccn(C)c1. The number of carboxylic acids is 1. The largest absolute Gasteiger partial charge is 0.550 e. The fourth-order valence-corrected chi connectivity index (χ4v) is 0.892. The van der Waals surface area contributed by atoms with E-state index in [2.05, 4.69) is 34.8 Å². The number of aryl methyl sites for hydroxylation is 2. The van der Waals surface area contributed by atoms with Crippen LogP contribution >= 0.6 is 0 Å². The van der Waals surface area contributed by atoms with E-state index in [4.69, 9.17) is 9.90 Å². The molecule has 1 aromatic heterocycles. The highest BCUT2D eigenvalue weighted by molar-refractivity contribution is 5.60. The molecule has 0 aliphatic heterocycles. The number of hydrogen-bond acceptors (Lipinski definition) is 2. The summed E-state index contributed by atoms with van der Waals surface area (Å²) in [5.41, 5.74) is 0. The standard InChI is InChI=1S/C7H13N2.C2H4O2/c1-3-4-9-6-5-8(2)7-9;1-2(3)4/h5-7H,3-4H2,1-2H3;1H3,(H,3,4)/q+1;/p-1. The molecule has 74 valence electrons. The van der Waals surface area contributed by atoms with Crippen LogP contribution < -0.4 is 9.67 Å². The van der Waals surface area contributed by atoms with Gasteiger partial charge in [0.1, 0.15) is 12.4 Å². The molecule has 4 heteroatoms. The van der Waals surface area contributed by atoms with Gasteiger partial charge in [-0.05, 0) is 13.3 Å². The molecule has 0 saturated carbocycles. The topological polar surface area (TPSA) is 48.9 Å². The summed E-state index contributed by atoms with van der Waals surface area (Å²) in [5, 5.41) is 8.89. The van der Waals surface area contributed by atoms with Crippen LogP contribution in [0.25, 0.3) is 0 Å². The van der Waals surface area contributed by atoms with Gasteiger partial charge in [-0.25, -0.2) is 9.13 Å². The molecule has 13 heavy (non-hydrogen) atoms. The average Bonchev–Trinajstić information content (AvgIpc) is 2.35. The summed E-state index contributed by atoms with van der Waals surface area (Å²) >= 11 is 0. The molecule has 0 saturated heterocycles. The monoisotopic (exact) mass is 184 g/mol. The summed E-state index contributed by atoms with van der Waals surface area (Å²) in [6.45, 7) is 4.28. The van der Waals surface area contributed by atoms with E-state index < -0.39 is 5.97 Å². The molecule has 0 spiro atoms. The molecule has 0 N–H and O–H groups in total. The molecule has 1 rings (SSSR count). The van der Waals surface area contributed by atoms with Crippen molar-refractivity contribution < 1.29 is 14.5 Å². The van der Waals surface area contributed by atoms with Crippen LogP contribution in [0.5, 0.6) is 0 Å². The Balaban J connectivity index is 0.000000310. The minimum atomic E-state index is -1.08. The van der Waals surface area contributed by atoms with Crippen molar-refractivity contribution in [1.82, 2.24) is 4.57 Å². The van der Waals surface area contributed by atoms with Crippen LogP contribution in [0.4, 0.5) is 0 Å². The lowest BCUT2D eigenvalue weighted by Gasteiger charge is -1.86. The van der Waals surface area contributed by atoms with Crippen molar-refractivity contribution in [3.63, 3.8) is 0 Å². The molecule has 1 heterocycles. The maximum absolute atomic E-state index is 8.89. The Kier molecular flexibility index (Phi) is 5.59. The number of carbonyl (C=O) groups excluding carboxylic acids is 1. The van der Waals surface area contributed by atoms with Crippen molar-refractivity contribution in [2.24, 2.45) is 7.05 Å². The minimum Gasteiger partial charge on any atom is -0.550 e. The first-order valence-electron chi connectivity index (χ1n) is 4.24. The second-order valence-corrected chi connectivity index (χ2v) is 2.81. The maximum atomic E-state index is 8.89. The van der Waals surface area contributed by atoms with Gasteiger partial charge in [0.2, 0.25) is 6.33 Å². The smallest absolute Gasteiger partial charge is 0.243 e. The highest BCUT2D eigenvalue weighted by Gasteiger charge is 1.94. The lowest BCUT2D eigenvalue weighted by molar-refractivity contribution is -0.696. The number of carboxylic acid groups (broad SMARTS) is 1. The van der Waals surface area contributed by atoms with E-state index in [0.29, 0.717) is 0 Å². The van der Waals surface area contributed by atoms with Gasteiger partial charge in [-0.15, -0.1) is 0 Å². The van der Waals surface area contributed by atoms with Crippen LogP contribution in [0.2, 0.25) is 0 Å². The number of aromatic nitrogens is 2. The predicted molar refractivity (Wildman–Crippen MR) is 46.6 cm³/mol. The molecule has 0 aromatic carbocycles. The third-order valence-corrected chi connectivity index (χ3v) is 1.31. The summed E-state index contributed by atoms with van der Waals surface area (Å²) in [5.74, 6) is -1.08. The minimum absolute atomic E-state index is 0.972. The molecule has 4 nitrogen and oxygen atoms in total. The number of imidazole rings is 1. The number of rotatable bonds is 2. The molecule has 0 aliphatic rings. The zero-order valence-corrected chi connectivity index (χ0v) is 8.36. The van der Waals surface area contributed by atoms with E-state index in [1.54, 1.807) is 0 Å². The normalized spacial score (nSPS) is 8.85. The number of carbonyl (C=O) groups is 1. The Morgan fingerprint density at radius 3 is 2.46 bits per heavy atom. The van der Waals surface area contributed by atoms with Crippen LogP contribution in [-0.4, -0.2) is 10.5 Å². The van der Waals surface area contributed by atoms with Gasteiger partial charge in [0.15, 0.2) is 0 Å². The van der Waals surface area contributed by atoms with Gasteiger partial charge in [0.05, 0.1) is 13.6 Å². The molecule has 0 unspecified atom stereocenters. The zero-order valence-electron chi connectivity index (χ0n) is 8.36. The second kappa shape index (κ2) is 6.22. The van der Waals surface area contributed by atoms with Crippen LogP contribution in [0.15, 0.2) is 18.7 Å². The summed E-state index contributed by atoms with van der Waals surface area (Å²) in [4.78, 5) is 8.89. The van der Waals surface area contributed by atoms with Crippen molar-refractivity contribution >= 4 is 5.97 Å². The maximum Gasteiger partial charge on any atom is 0.243 e. The molecule has 1 aromatic rings. The van der Waals surface area contributed by atoms with Gasteiger partial charge in [-0.3, -0.25) is 0 Å². The third kappa shape index (κ3) is 7.05. The van der Waals surface area contributed by atoms with E-state index in [1.165, 1.54) is 6.42 Å². The van der Waals surface area contributed by atoms with Gasteiger partial charge >= 0.3 is 0 Å². The van der Waals surface area contributed by atoms with E-state index in [-0.39, 0.29) is 0 Å². The molecular weight excluding hydrogens is 168 g/mol. The Bertz CT molecular complexity index is 252. The first kappa shape index (κ1) is 11.7. The van der Waals surface area contributed by atoms with Crippen LogP contribution in [-0.2, 0) is 18.4 Å². The Morgan fingerprint density at radius 2 is 2.15 bits per heavy atom. The third-order valence-electron chi connectivity index (χ3n) is 1.31. The van der Waals surface area contributed by atoms with Gasteiger partial charge < -0.3 is 9.90 Å². The molecular formula is C9H16N2O2. The van der Waals surface area contributed by atoms with Gasteiger partial charge in [-0.2, -0.15) is 0 Å². The summed E-state index contributed by atoms with van der Waals surface area (Å²) in [6.07, 6.45) is 7.43. The van der Waals surface area contributed by atoms with Crippen LogP contribution in [0.1, 0.15) is 20.3 Å². The van der Waals surface area contributed by atoms with E-state index in [1.807, 2.05) is 7.05 Å². The predicted octanol–water partition coefficient (Wildman–Crippen LogP) is -0.521. The number of hydrogen-bond donors (Lipinski definition) is 0. The van der Waals surface area contributed by atoms with E-state index >= 15 is 0 Å². The molecule has 0 aliphatic carbocycles. The molecule has 0 fully saturated rings. The second-order valence-electron chi connectivity index (χ2n) is 2.81. The first-order valence-corrected chi connectivity index (χ1v) is 4.24. The van der Waals surface area contributed by atoms with Crippen LogP contribution in [0, 0.1) is 0 Å². The number of nitrogens with zero attached hydrogens (tertiary/aromatic N) is 2. The lowest BCUT2D eigenvalue weighted by atomic mass is 10.5.